The zero-order chi connectivity index (χ0) is 76.6. The van der Waals surface area contributed by atoms with Crippen molar-refractivity contribution in [2.24, 2.45) is 5.92 Å². The lowest BCUT2D eigenvalue weighted by molar-refractivity contribution is -0.0450. The van der Waals surface area contributed by atoms with Gasteiger partial charge < -0.3 is 82.3 Å². The van der Waals surface area contributed by atoms with Gasteiger partial charge in [0.1, 0.15) is 25.3 Å². The smallest absolute Gasteiger partial charge is 0.250 e. The highest BCUT2D eigenvalue weighted by Gasteiger charge is 2.52. The third-order valence-electron chi connectivity index (χ3n) is 16.9. The number of sulfone groups is 3. The second-order valence-corrected chi connectivity index (χ2v) is 42.6. The maximum Gasteiger partial charge on any atom is 0.250 e. The van der Waals surface area contributed by atoms with Crippen LogP contribution in [-0.4, -0.2) is 290 Å². The molecule has 6 atom stereocenters. The Labute approximate surface area is 633 Å². The van der Waals surface area contributed by atoms with Gasteiger partial charge in [-0.1, -0.05) is 20.8 Å². The minimum absolute atomic E-state index is 0.00225. The molecule has 0 fully saturated rings. The second-order valence-electron chi connectivity index (χ2n) is 25.6. The molecular weight excluding hydrogens is 1560 g/mol. The maximum absolute atomic E-state index is 13.4. The van der Waals surface area contributed by atoms with Crippen LogP contribution in [0.2, 0.25) is 0 Å². The summed E-state index contributed by atoms with van der Waals surface area (Å²) in [5.41, 5.74) is 0.746. The Morgan fingerprint density at radius 1 is 0.410 bits per heavy atom. The van der Waals surface area contributed by atoms with Crippen LogP contribution in [0.3, 0.4) is 0 Å². The van der Waals surface area contributed by atoms with Crippen LogP contribution in [-0.2, 0) is 131 Å². The maximum atomic E-state index is 13.4. The van der Waals surface area contributed by atoms with Crippen LogP contribution < -0.4 is 30.1 Å². The minimum Gasteiger partial charge on any atom is -0.379 e. The molecule has 0 spiro atoms. The lowest BCUT2D eigenvalue weighted by Gasteiger charge is -2.42. The average molecular weight is 1670 g/mol. The lowest BCUT2D eigenvalue weighted by Crippen LogP contribution is -2.51. The molecule has 1 unspecified atom stereocenters. The highest BCUT2D eigenvalue weighted by atomic mass is 32.3. The van der Waals surface area contributed by atoms with Crippen LogP contribution in [0, 0.1) is 5.92 Å². The van der Waals surface area contributed by atoms with Crippen LogP contribution in [0.4, 0.5) is 0 Å². The highest BCUT2D eigenvalue weighted by molar-refractivity contribution is 7.97. The van der Waals surface area contributed by atoms with Gasteiger partial charge in [0.05, 0.1) is 200 Å². The van der Waals surface area contributed by atoms with Crippen molar-refractivity contribution < 1.29 is 117 Å². The van der Waals surface area contributed by atoms with E-state index in [1.807, 2.05) is 27.7 Å². The third-order valence-corrected chi connectivity index (χ3v) is 34.7. The second kappa shape index (κ2) is 45.6. The molecule has 6 heterocycles. The first-order chi connectivity index (χ1) is 50.0. The quantitative estimate of drug-likeness (QED) is 0.0442. The van der Waals surface area contributed by atoms with Crippen molar-refractivity contribution in [3.05, 3.63) is 34.9 Å². The first-order valence-electron chi connectivity index (χ1n) is 35.4. The van der Waals surface area contributed by atoms with Crippen LogP contribution in [0.25, 0.3) is 0 Å². The van der Waals surface area contributed by atoms with E-state index in [2.05, 4.69) is 30.1 Å². The van der Waals surface area contributed by atoms with Crippen molar-refractivity contribution in [1.82, 2.24) is 30.1 Å². The first kappa shape index (κ1) is 91.9. The number of ether oxygens (including phenoxy) is 14. The van der Waals surface area contributed by atoms with E-state index in [4.69, 9.17) is 66.3 Å². The number of hydrogen-bond acceptors (Lipinski definition) is 32. The van der Waals surface area contributed by atoms with Gasteiger partial charge in [-0.15, -0.1) is 34.0 Å². The van der Waals surface area contributed by atoms with E-state index in [-0.39, 0.29) is 129 Å². The van der Waals surface area contributed by atoms with E-state index in [1.165, 1.54) is 18.2 Å². The molecule has 3 aliphatic rings. The number of thiophene rings is 3. The first-order valence-corrected chi connectivity index (χ1v) is 46.9. The summed E-state index contributed by atoms with van der Waals surface area (Å²) in [7, 11) is -22.9. The summed E-state index contributed by atoms with van der Waals surface area (Å²) < 4.78 is 243. The number of sulfonamides is 3. The molecule has 6 N–H and O–H groups in total. The van der Waals surface area contributed by atoms with E-state index in [0.717, 1.165) is 34.0 Å². The van der Waals surface area contributed by atoms with E-state index in [9.17, 15) is 50.5 Å². The highest BCUT2D eigenvalue weighted by Crippen LogP contribution is 2.50. The molecule has 105 heavy (non-hydrogen) atoms. The van der Waals surface area contributed by atoms with Crippen molar-refractivity contribution in [3.63, 3.8) is 0 Å². The molecule has 0 aliphatic carbocycles. The Balaban J connectivity index is 0.762. The summed E-state index contributed by atoms with van der Waals surface area (Å²) in [4.78, 5) is 0. The molecule has 3 aromatic rings. The normalized spacial score (nSPS) is 20.8. The zero-order valence-electron chi connectivity index (χ0n) is 61.6. The van der Waals surface area contributed by atoms with Crippen LogP contribution >= 0.6 is 34.0 Å². The van der Waals surface area contributed by atoms with E-state index < -0.39 is 80.4 Å². The van der Waals surface area contributed by atoms with E-state index in [0.29, 0.717) is 175 Å². The summed E-state index contributed by atoms with van der Waals surface area (Å²) in [6.45, 7) is 23.8. The van der Waals surface area contributed by atoms with Crippen molar-refractivity contribution in [2.75, 3.05) is 224 Å². The van der Waals surface area contributed by atoms with Gasteiger partial charge in [-0.25, -0.2) is 64.7 Å². The molecule has 0 amide bonds. The molecular formula is C64H112N6O26S9. The molecule has 0 radical (unpaired) electrons. The molecule has 41 heteroatoms. The van der Waals surface area contributed by atoms with Crippen molar-refractivity contribution >= 4 is 93.6 Å². The van der Waals surface area contributed by atoms with Gasteiger partial charge in [0, 0.05) is 59.9 Å². The monoisotopic (exact) mass is 1670 g/mol. The predicted molar refractivity (Wildman–Crippen MR) is 396 cm³/mol. The molecule has 0 aromatic carbocycles. The number of rotatable bonds is 60. The molecule has 608 valence electrons. The summed E-state index contributed by atoms with van der Waals surface area (Å²) in [6, 6.07) is 3.87. The summed E-state index contributed by atoms with van der Waals surface area (Å²) >= 11 is 2.31. The largest absolute Gasteiger partial charge is 0.379 e. The van der Waals surface area contributed by atoms with Gasteiger partial charge in [0.25, 0.3) is 0 Å². The summed E-state index contributed by atoms with van der Waals surface area (Å²) in [5.74, 6) is -0.165. The van der Waals surface area contributed by atoms with Gasteiger partial charge in [-0.3, -0.25) is 0 Å². The Morgan fingerprint density at radius 3 is 0.981 bits per heavy atom. The van der Waals surface area contributed by atoms with Crippen LogP contribution in [0.1, 0.15) is 103 Å². The van der Waals surface area contributed by atoms with E-state index in [1.54, 1.807) is 27.7 Å². The molecule has 3 aromatic heterocycles. The topological polar surface area (TPSA) is 406 Å². The fourth-order valence-corrected chi connectivity index (χ4v) is 27.1. The average Bonchev–Trinajstić information content (AvgIpc) is 1.63. The fraction of sp³-hybridized carbons (Fsp3) is 0.812. The minimum atomic E-state index is -4.00. The van der Waals surface area contributed by atoms with Gasteiger partial charge >= 0.3 is 0 Å². The lowest BCUT2D eigenvalue weighted by atomic mass is 9.84. The van der Waals surface area contributed by atoms with Crippen molar-refractivity contribution in [1.29, 1.82) is 0 Å². The van der Waals surface area contributed by atoms with Crippen molar-refractivity contribution in [2.45, 2.75) is 133 Å². The van der Waals surface area contributed by atoms with Gasteiger partial charge in [0.15, 0.2) is 29.5 Å². The number of fused-ring (bicyclic) bond motifs is 3. The zero-order valence-corrected chi connectivity index (χ0v) is 68.9. The summed E-state index contributed by atoms with van der Waals surface area (Å²) in [5, 5.41) is 8.63. The molecule has 0 saturated carbocycles. The van der Waals surface area contributed by atoms with Gasteiger partial charge in [0.2, 0.25) is 30.1 Å². The van der Waals surface area contributed by atoms with Crippen LogP contribution in [0.5, 0.6) is 0 Å². The molecule has 0 saturated heterocycles. The predicted octanol–water partition coefficient (Wildman–Crippen LogP) is 3.17. The third kappa shape index (κ3) is 28.6. The standard InChI is InChI=1S/C64H112N6O26S9/c1-9-65-55-40-49(4)100(71,72)60-52(55)42-57(97-60)103(77,78)68-12-15-83-18-20-86-22-24-88-26-28-90-30-32-92-35-38-95-46-51(45-94-37-34-85-17-13-69-104(79,80)58-43-53-56(66-10-2)41-50(5)101(73,74)61(53)98-58)47-96-39-36-93-33-31-91-29-27-89-25-23-87-21-19-84-16-14-70-105(81,82)59-44-54-62(99-59)102(75,76)63(6,7)48-64(54,8)67-11-3/h42-44,49-51,55-56,65-70H,9-41,45-48H2,1-8H3/t49-,50-,51?,55-,56-,64-/m0/s1. The molecule has 0 bridgehead atoms. The number of hydrogen-bond donors (Lipinski definition) is 6. The van der Waals surface area contributed by atoms with E-state index >= 15 is 0 Å². The Kier molecular flexibility index (Phi) is 39.9. The Morgan fingerprint density at radius 2 is 0.686 bits per heavy atom. The van der Waals surface area contributed by atoms with Crippen molar-refractivity contribution in [3.8, 4) is 0 Å². The molecule has 6 rings (SSSR count). The molecule has 3 aliphatic heterocycles. The Hall–Kier alpha value is -2.00. The Bertz CT molecular complexity index is 3750. The van der Waals surface area contributed by atoms with Crippen LogP contribution in [0.15, 0.2) is 43.5 Å². The summed E-state index contributed by atoms with van der Waals surface area (Å²) in [6.07, 6.45) is 1.03. The SMILES string of the molecule is CCN[C@H]1C[C@H](C)S(=O)(=O)c2sc(S(=O)(=O)NCCOCCOCCOCCOCCOCCOCC(COCCOCCNS(=O)(=O)c3cc4c(s3)S(=O)(=O)[C@@H](C)C[C@@H]4NCC)COCCOCCOCCOCCOCCOCCNS(=O)(=O)c3cc4c(s3)S(=O)(=O)C(C)(C)C[C@]4(C)NCC)cc21. The van der Waals surface area contributed by atoms with Gasteiger partial charge in [-0.2, -0.15) is 0 Å². The number of nitrogens with one attached hydrogen (secondary N) is 6. The molecule has 32 nitrogen and oxygen atoms in total. The fourth-order valence-electron chi connectivity index (χ4n) is 11.5. The van der Waals surface area contributed by atoms with Gasteiger partial charge in [-0.05, 0) is 91.7 Å².